The van der Waals surface area contributed by atoms with E-state index in [0.717, 1.165) is 5.56 Å². The predicted octanol–water partition coefficient (Wildman–Crippen LogP) is 2.97. The summed E-state index contributed by atoms with van der Waals surface area (Å²) in [7, 11) is 1.46. The summed E-state index contributed by atoms with van der Waals surface area (Å²) in [6, 6.07) is 12.5. The quantitative estimate of drug-likeness (QED) is 0.341. The van der Waals surface area contributed by atoms with Crippen molar-refractivity contribution in [2.24, 2.45) is 5.10 Å². The molecule has 25 heavy (non-hydrogen) atoms. The number of ether oxygens (including phenoxy) is 1. The van der Waals surface area contributed by atoms with Crippen LogP contribution >= 0.6 is 22.6 Å². The lowest BCUT2D eigenvalue weighted by molar-refractivity contribution is -0.121. The molecule has 1 amide bonds. The summed E-state index contributed by atoms with van der Waals surface area (Å²) in [6.07, 6.45) is 1.26. The third kappa shape index (κ3) is 5.71. The van der Waals surface area contributed by atoms with Crippen molar-refractivity contribution in [3.8, 4) is 11.5 Å². The molecule has 3 N–H and O–H groups in total. The highest BCUT2D eigenvalue weighted by Gasteiger charge is 2.10. The number of phenols is 1. The molecular weight excluding hydrogens is 435 g/mol. The van der Waals surface area contributed by atoms with E-state index in [-0.39, 0.29) is 18.1 Å². The van der Waals surface area contributed by atoms with Crippen LogP contribution in [0.4, 0.5) is 0 Å². The summed E-state index contributed by atoms with van der Waals surface area (Å²) < 4.78 is 5.69. The van der Waals surface area contributed by atoms with Gasteiger partial charge in [0.05, 0.1) is 23.0 Å². The van der Waals surface area contributed by atoms with Crippen LogP contribution in [0.15, 0.2) is 47.6 Å². The molecule has 0 spiro atoms. The third-order valence-corrected chi connectivity index (χ3v) is 4.33. The van der Waals surface area contributed by atoms with Crippen LogP contribution in [-0.4, -0.2) is 29.4 Å². The number of halogens is 1. The second kappa shape index (κ2) is 9.38. The van der Waals surface area contributed by atoms with Crippen LogP contribution in [0.1, 0.15) is 30.1 Å². The number of rotatable bonds is 7. The number of aliphatic hydroxyl groups is 1. The van der Waals surface area contributed by atoms with Gasteiger partial charge in [0.1, 0.15) is 0 Å². The molecule has 0 saturated heterocycles. The van der Waals surface area contributed by atoms with Gasteiger partial charge in [0.2, 0.25) is 5.91 Å². The van der Waals surface area contributed by atoms with Crippen molar-refractivity contribution in [1.29, 1.82) is 0 Å². The van der Waals surface area contributed by atoms with Crippen molar-refractivity contribution < 1.29 is 19.7 Å². The smallest absolute Gasteiger partial charge is 0.240 e. The van der Waals surface area contributed by atoms with Crippen molar-refractivity contribution >= 4 is 34.7 Å². The van der Waals surface area contributed by atoms with E-state index >= 15 is 0 Å². The SMILES string of the molecule is COc1cc(/C=N\NC(=O)CC[C@@H](O)c2ccccc2)cc(I)c1O. The molecular formula is C18H19IN2O4. The number of nitrogens with one attached hydrogen (secondary N) is 1. The number of carbonyl (C=O) groups is 1. The molecule has 2 rings (SSSR count). The van der Waals surface area contributed by atoms with E-state index in [1.807, 2.05) is 52.9 Å². The topological polar surface area (TPSA) is 91.2 Å². The molecule has 0 radical (unpaired) electrons. The van der Waals surface area contributed by atoms with Gasteiger partial charge in [-0.05, 0) is 52.3 Å². The summed E-state index contributed by atoms with van der Waals surface area (Å²) in [4.78, 5) is 11.8. The summed E-state index contributed by atoms with van der Waals surface area (Å²) in [5, 5.41) is 23.7. The van der Waals surface area contributed by atoms with Gasteiger partial charge in [-0.2, -0.15) is 5.10 Å². The van der Waals surface area contributed by atoms with E-state index in [1.54, 1.807) is 12.1 Å². The van der Waals surface area contributed by atoms with Gasteiger partial charge < -0.3 is 14.9 Å². The van der Waals surface area contributed by atoms with Crippen LogP contribution in [0.2, 0.25) is 0 Å². The van der Waals surface area contributed by atoms with Gasteiger partial charge in [-0.15, -0.1) is 0 Å². The molecule has 0 unspecified atom stereocenters. The highest BCUT2D eigenvalue weighted by Crippen LogP contribution is 2.31. The first-order chi connectivity index (χ1) is 12.0. The van der Waals surface area contributed by atoms with Gasteiger partial charge in [-0.3, -0.25) is 4.79 Å². The highest BCUT2D eigenvalue weighted by atomic mass is 127. The lowest BCUT2D eigenvalue weighted by Crippen LogP contribution is -2.18. The van der Waals surface area contributed by atoms with Crippen LogP contribution in [0, 0.1) is 3.57 Å². The van der Waals surface area contributed by atoms with Crippen LogP contribution in [0.3, 0.4) is 0 Å². The monoisotopic (exact) mass is 454 g/mol. The number of nitrogens with zero attached hydrogens (tertiary/aromatic N) is 1. The predicted molar refractivity (Wildman–Crippen MR) is 104 cm³/mol. The maximum Gasteiger partial charge on any atom is 0.240 e. The zero-order valence-electron chi connectivity index (χ0n) is 13.6. The maximum atomic E-state index is 11.8. The second-order valence-corrected chi connectivity index (χ2v) is 6.47. The fraction of sp³-hybridized carbons (Fsp3) is 0.222. The minimum atomic E-state index is -0.682. The van der Waals surface area contributed by atoms with Crippen molar-refractivity contribution in [2.75, 3.05) is 7.11 Å². The Morgan fingerprint density at radius 2 is 2.08 bits per heavy atom. The van der Waals surface area contributed by atoms with E-state index in [9.17, 15) is 15.0 Å². The van der Waals surface area contributed by atoms with Crippen molar-refractivity contribution in [3.63, 3.8) is 0 Å². The van der Waals surface area contributed by atoms with Crippen LogP contribution < -0.4 is 10.2 Å². The van der Waals surface area contributed by atoms with Gasteiger partial charge in [-0.1, -0.05) is 30.3 Å². The average molecular weight is 454 g/mol. The molecule has 0 aliphatic rings. The first-order valence-electron chi connectivity index (χ1n) is 7.62. The van der Waals surface area contributed by atoms with Crippen LogP contribution in [0.5, 0.6) is 11.5 Å². The molecule has 6 nitrogen and oxygen atoms in total. The van der Waals surface area contributed by atoms with Crippen LogP contribution in [0.25, 0.3) is 0 Å². The number of hydrogen-bond donors (Lipinski definition) is 3. The molecule has 2 aromatic carbocycles. The summed E-state index contributed by atoms with van der Waals surface area (Å²) in [5.74, 6) is 0.122. The molecule has 0 aliphatic heterocycles. The van der Waals surface area contributed by atoms with E-state index in [0.29, 0.717) is 21.3 Å². The molecule has 1 atom stereocenters. The normalized spacial score (nSPS) is 12.1. The number of aliphatic hydroxyl groups excluding tert-OH is 1. The highest BCUT2D eigenvalue weighted by molar-refractivity contribution is 14.1. The largest absolute Gasteiger partial charge is 0.504 e. The lowest BCUT2D eigenvalue weighted by atomic mass is 10.1. The Morgan fingerprint density at radius 1 is 1.36 bits per heavy atom. The lowest BCUT2D eigenvalue weighted by Gasteiger charge is -2.09. The number of phenolic OH excluding ortho intramolecular Hbond substituents is 1. The first kappa shape index (κ1) is 19.2. The Kier molecular flexibility index (Phi) is 7.20. The Balaban J connectivity index is 1.85. The third-order valence-electron chi connectivity index (χ3n) is 3.50. The molecule has 132 valence electrons. The fourth-order valence-electron chi connectivity index (χ4n) is 2.17. The van der Waals surface area contributed by atoms with Crippen LogP contribution in [-0.2, 0) is 4.79 Å². The molecule has 0 aliphatic carbocycles. The molecule has 0 heterocycles. The van der Waals surface area contributed by atoms with E-state index in [1.165, 1.54) is 13.3 Å². The van der Waals surface area contributed by atoms with Crippen molar-refractivity contribution in [1.82, 2.24) is 5.43 Å². The number of aromatic hydroxyl groups is 1. The Morgan fingerprint density at radius 3 is 2.76 bits per heavy atom. The average Bonchev–Trinajstić information content (AvgIpc) is 2.63. The molecule has 0 bridgehead atoms. The summed E-state index contributed by atoms with van der Waals surface area (Å²) >= 11 is 1.98. The van der Waals surface area contributed by atoms with E-state index in [4.69, 9.17) is 4.74 Å². The van der Waals surface area contributed by atoms with Crippen molar-refractivity contribution in [3.05, 3.63) is 57.2 Å². The molecule has 2 aromatic rings. The van der Waals surface area contributed by atoms with Gasteiger partial charge in [0.25, 0.3) is 0 Å². The Bertz CT molecular complexity index is 750. The molecule has 0 saturated carbocycles. The summed E-state index contributed by atoms with van der Waals surface area (Å²) in [6.45, 7) is 0. The molecule has 7 heteroatoms. The Hall–Kier alpha value is -2.13. The minimum absolute atomic E-state index is 0.0687. The number of methoxy groups -OCH3 is 1. The zero-order valence-corrected chi connectivity index (χ0v) is 15.8. The minimum Gasteiger partial charge on any atom is -0.504 e. The number of hydrazone groups is 1. The second-order valence-electron chi connectivity index (χ2n) is 5.31. The summed E-state index contributed by atoms with van der Waals surface area (Å²) in [5.41, 5.74) is 3.89. The van der Waals surface area contributed by atoms with E-state index < -0.39 is 6.10 Å². The van der Waals surface area contributed by atoms with Gasteiger partial charge in [-0.25, -0.2) is 5.43 Å². The van der Waals surface area contributed by atoms with Gasteiger partial charge in [0.15, 0.2) is 11.5 Å². The molecule has 0 aromatic heterocycles. The van der Waals surface area contributed by atoms with Crippen molar-refractivity contribution in [2.45, 2.75) is 18.9 Å². The number of carbonyl (C=O) groups excluding carboxylic acids is 1. The van der Waals surface area contributed by atoms with Gasteiger partial charge in [0, 0.05) is 6.42 Å². The molecule has 0 fully saturated rings. The number of benzene rings is 2. The zero-order chi connectivity index (χ0) is 18.2. The first-order valence-corrected chi connectivity index (χ1v) is 8.70. The number of amides is 1. The fourth-order valence-corrected chi connectivity index (χ4v) is 2.79. The maximum absolute atomic E-state index is 11.8. The van der Waals surface area contributed by atoms with Gasteiger partial charge >= 0.3 is 0 Å². The Labute approximate surface area is 159 Å². The van der Waals surface area contributed by atoms with E-state index in [2.05, 4.69) is 10.5 Å². The number of hydrogen-bond acceptors (Lipinski definition) is 5. The standard InChI is InChI=1S/C18H19IN2O4/c1-25-16-10-12(9-14(19)18(16)24)11-20-21-17(23)8-7-15(22)13-5-3-2-4-6-13/h2-6,9-11,15,22,24H,7-8H2,1H3,(H,21,23)/b20-11-/t15-/m1/s1.